The van der Waals surface area contributed by atoms with Crippen molar-refractivity contribution >= 4 is 17.5 Å². The minimum Gasteiger partial charge on any atom is -0.461 e. The molecule has 7 atom stereocenters. The number of rotatable bonds is 6. The summed E-state index contributed by atoms with van der Waals surface area (Å²) in [5.41, 5.74) is 12.3. The third-order valence-corrected chi connectivity index (χ3v) is 9.16. The van der Waals surface area contributed by atoms with Gasteiger partial charge in [0.1, 0.15) is 17.9 Å². The fourth-order valence-electron chi connectivity index (χ4n) is 7.12. The average molecular weight is 431 g/mol. The first-order valence-corrected chi connectivity index (χ1v) is 12.1. The number of esters is 1. The highest BCUT2D eigenvalue weighted by atomic mass is 16.5. The molecule has 0 aromatic heterocycles. The summed E-state index contributed by atoms with van der Waals surface area (Å²) in [6.07, 6.45) is 9.51. The molecule has 4 aliphatic carbocycles. The number of hydrogen-bond donors (Lipinski definition) is 2. The van der Waals surface area contributed by atoms with Crippen LogP contribution in [0.25, 0.3) is 0 Å². The fourth-order valence-corrected chi connectivity index (χ4v) is 7.12. The van der Waals surface area contributed by atoms with E-state index >= 15 is 0 Å². The van der Waals surface area contributed by atoms with E-state index in [1.54, 1.807) is 0 Å². The molecule has 0 aliphatic heterocycles. The van der Waals surface area contributed by atoms with Crippen LogP contribution in [0.1, 0.15) is 78.1 Å². The molecule has 0 heterocycles. The minimum absolute atomic E-state index is 0.0333. The Hall–Kier alpha value is -1.53. The van der Waals surface area contributed by atoms with Crippen LogP contribution in [0.4, 0.5) is 0 Å². The van der Waals surface area contributed by atoms with Gasteiger partial charge in [0.25, 0.3) is 0 Å². The van der Waals surface area contributed by atoms with Gasteiger partial charge in [-0.05, 0) is 74.8 Å². The molecular formula is C25H38N2O4. The van der Waals surface area contributed by atoms with Gasteiger partial charge in [-0.15, -0.1) is 0 Å². The van der Waals surface area contributed by atoms with E-state index in [9.17, 15) is 14.4 Å². The van der Waals surface area contributed by atoms with Crippen LogP contribution in [-0.2, 0) is 19.1 Å². The van der Waals surface area contributed by atoms with E-state index in [0.717, 1.165) is 50.5 Å². The van der Waals surface area contributed by atoms with Crippen molar-refractivity contribution in [3.8, 4) is 0 Å². The molecule has 0 saturated heterocycles. The molecule has 0 aromatic rings. The van der Waals surface area contributed by atoms with Crippen LogP contribution in [0.3, 0.4) is 0 Å². The number of allylic oxidation sites excluding steroid dienone is 1. The van der Waals surface area contributed by atoms with Crippen molar-refractivity contribution in [3.05, 3.63) is 11.6 Å². The maximum atomic E-state index is 13.3. The minimum atomic E-state index is -0.609. The molecule has 4 rings (SSSR count). The van der Waals surface area contributed by atoms with Crippen molar-refractivity contribution in [1.82, 2.24) is 0 Å². The highest BCUT2D eigenvalue weighted by molar-refractivity contribution is 5.96. The molecule has 0 spiro atoms. The Morgan fingerprint density at radius 2 is 1.84 bits per heavy atom. The summed E-state index contributed by atoms with van der Waals surface area (Å²) < 4.78 is 5.76. The maximum Gasteiger partial charge on any atom is 0.323 e. The lowest BCUT2D eigenvalue weighted by Crippen LogP contribution is -2.53. The summed E-state index contributed by atoms with van der Waals surface area (Å²) in [5.74, 6) is 0.635. The van der Waals surface area contributed by atoms with Gasteiger partial charge < -0.3 is 16.2 Å². The Morgan fingerprint density at radius 3 is 2.58 bits per heavy atom. The molecule has 4 aliphatic rings. The molecular weight excluding hydrogens is 392 g/mol. The number of hydrogen-bond acceptors (Lipinski definition) is 6. The Balaban J connectivity index is 1.46. The van der Waals surface area contributed by atoms with Crippen LogP contribution < -0.4 is 11.5 Å². The summed E-state index contributed by atoms with van der Waals surface area (Å²) in [4.78, 5) is 38.3. The summed E-state index contributed by atoms with van der Waals surface area (Å²) in [7, 11) is 0. The van der Waals surface area contributed by atoms with Crippen molar-refractivity contribution < 1.29 is 19.1 Å². The van der Waals surface area contributed by atoms with Crippen LogP contribution in [-0.4, -0.2) is 36.2 Å². The summed E-state index contributed by atoms with van der Waals surface area (Å²) in [5, 5.41) is 0. The topological polar surface area (TPSA) is 112 Å². The van der Waals surface area contributed by atoms with Crippen LogP contribution in [0, 0.1) is 28.6 Å². The quantitative estimate of drug-likeness (QED) is 0.495. The molecule has 31 heavy (non-hydrogen) atoms. The Kier molecular flexibility index (Phi) is 6.16. The molecule has 4 N–H and O–H groups in total. The molecule has 0 radical (unpaired) electrons. The van der Waals surface area contributed by atoms with E-state index in [1.807, 2.05) is 6.08 Å². The molecule has 0 bridgehead atoms. The van der Waals surface area contributed by atoms with Crippen LogP contribution in [0.2, 0.25) is 0 Å². The first-order valence-electron chi connectivity index (χ1n) is 12.1. The van der Waals surface area contributed by atoms with Gasteiger partial charge in [0.15, 0.2) is 5.78 Å². The van der Waals surface area contributed by atoms with Crippen molar-refractivity contribution in [2.24, 2.45) is 40.1 Å². The predicted molar refractivity (Wildman–Crippen MR) is 118 cm³/mol. The van der Waals surface area contributed by atoms with Crippen LogP contribution >= 0.6 is 0 Å². The maximum absolute atomic E-state index is 13.3. The summed E-state index contributed by atoms with van der Waals surface area (Å²) in [6.45, 7) is 4.98. The fraction of sp³-hybridized carbons (Fsp3) is 0.800. The highest BCUT2D eigenvalue weighted by Crippen LogP contribution is 2.63. The Morgan fingerprint density at radius 1 is 1.13 bits per heavy atom. The smallest absolute Gasteiger partial charge is 0.323 e. The SMILES string of the molecule is C[C@]12CC[C@H](OC(=O)C(N)CCCCN)CC1=CC(=O)C1C2CC[C@]2(C)C(=O)CCC12. The first kappa shape index (κ1) is 22.7. The third-order valence-electron chi connectivity index (χ3n) is 9.16. The van der Waals surface area contributed by atoms with Gasteiger partial charge in [0, 0.05) is 24.2 Å². The molecule has 4 unspecified atom stereocenters. The van der Waals surface area contributed by atoms with E-state index < -0.39 is 6.04 Å². The zero-order valence-electron chi connectivity index (χ0n) is 19.0. The van der Waals surface area contributed by atoms with Crippen molar-refractivity contribution in [3.63, 3.8) is 0 Å². The largest absolute Gasteiger partial charge is 0.461 e. The zero-order valence-corrected chi connectivity index (χ0v) is 19.0. The van der Waals surface area contributed by atoms with Gasteiger partial charge in [0.2, 0.25) is 0 Å². The Bertz CT molecular complexity index is 792. The summed E-state index contributed by atoms with van der Waals surface area (Å²) >= 11 is 0. The van der Waals surface area contributed by atoms with E-state index in [1.165, 1.54) is 0 Å². The number of Topliss-reactive ketones (excluding diaryl/α,β-unsaturated/α-hetero) is 1. The van der Waals surface area contributed by atoms with E-state index in [-0.39, 0.29) is 40.5 Å². The van der Waals surface area contributed by atoms with Crippen LogP contribution in [0.5, 0.6) is 0 Å². The molecule has 172 valence electrons. The molecule has 3 saturated carbocycles. The standard InChI is InChI=1S/C25H38N2O4/c1-24-10-8-16(31-23(30)19(27)5-3-4-12-26)13-15(24)14-20(28)22-17-6-7-21(29)25(17,2)11-9-18(22)24/h14,16-19,22H,3-13,26-27H2,1-2H3/t16-,17?,18?,19?,22?,24-,25-/m0/s1. The number of fused-ring (bicyclic) bond motifs is 5. The number of ketones is 2. The van der Waals surface area contributed by atoms with Gasteiger partial charge in [-0.2, -0.15) is 0 Å². The monoisotopic (exact) mass is 430 g/mol. The third kappa shape index (κ3) is 3.80. The van der Waals surface area contributed by atoms with Crippen molar-refractivity contribution in [1.29, 1.82) is 0 Å². The van der Waals surface area contributed by atoms with Gasteiger partial charge in [-0.25, -0.2) is 0 Å². The number of carbonyl (C=O) groups is 3. The van der Waals surface area contributed by atoms with Gasteiger partial charge >= 0.3 is 5.97 Å². The van der Waals surface area contributed by atoms with Crippen molar-refractivity contribution in [2.45, 2.75) is 90.2 Å². The molecule has 0 amide bonds. The number of nitrogens with two attached hydrogens (primary N) is 2. The highest BCUT2D eigenvalue weighted by Gasteiger charge is 2.61. The molecule has 6 nitrogen and oxygen atoms in total. The van der Waals surface area contributed by atoms with Crippen molar-refractivity contribution in [2.75, 3.05) is 6.54 Å². The average Bonchev–Trinajstić information content (AvgIpc) is 3.04. The molecule has 0 aromatic carbocycles. The lowest BCUT2D eigenvalue weighted by atomic mass is 9.48. The van der Waals surface area contributed by atoms with E-state index in [0.29, 0.717) is 37.5 Å². The van der Waals surface area contributed by atoms with E-state index in [2.05, 4.69) is 13.8 Å². The van der Waals surface area contributed by atoms with Gasteiger partial charge in [-0.3, -0.25) is 14.4 Å². The number of carbonyl (C=O) groups excluding carboxylic acids is 3. The lowest BCUT2D eigenvalue weighted by molar-refractivity contribution is -0.153. The number of unbranched alkanes of at least 4 members (excludes halogenated alkanes) is 1. The molecule has 3 fully saturated rings. The normalized spacial score (nSPS) is 40.5. The zero-order chi connectivity index (χ0) is 22.4. The van der Waals surface area contributed by atoms with Crippen LogP contribution in [0.15, 0.2) is 11.6 Å². The second-order valence-corrected chi connectivity index (χ2v) is 10.8. The molecule has 6 heteroatoms. The lowest BCUT2D eigenvalue weighted by Gasteiger charge is -2.56. The second-order valence-electron chi connectivity index (χ2n) is 10.8. The number of ether oxygens (including phenoxy) is 1. The predicted octanol–water partition coefficient (Wildman–Crippen LogP) is 3.07. The second kappa shape index (κ2) is 8.43. The van der Waals surface area contributed by atoms with Gasteiger partial charge in [0.05, 0.1) is 0 Å². The first-order chi connectivity index (χ1) is 14.7. The van der Waals surface area contributed by atoms with E-state index in [4.69, 9.17) is 16.2 Å². The Labute approximate surface area is 185 Å². The van der Waals surface area contributed by atoms with Gasteiger partial charge in [-0.1, -0.05) is 25.8 Å². The summed E-state index contributed by atoms with van der Waals surface area (Å²) in [6, 6.07) is -0.609.